The van der Waals surface area contributed by atoms with Crippen LogP contribution in [-0.4, -0.2) is 147 Å². The Morgan fingerprint density at radius 1 is 0.743 bits per heavy atom. The van der Waals surface area contributed by atoms with Crippen LogP contribution in [0.25, 0.3) is 22.4 Å². The first kappa shape index (κ1) is 53.3. The molecule has 1 amide bonds. The molecular weight excluding hydrogens is 988 g/mol. The number of anilines is 4. The van der Waals surface area contributed by atoms with Crippen LogP contribution in [0, 0.1) is 6.92 Å². The van der Waals surface area contributed by atoms with E-state index in [1.54, 1.807) is 12.1 Å². The number of sulfonamides is 1. The van der Waals surface area contributed by atoms with Crippen LogP contribution in [0.2, 0.25) is 5.02 Å². The summed E-state index contributed by atoms with van der Waals surface area (Å²) in [7, 11) is -3.86. The Labute approximate surface area is 447 Å². The monoisotopic (exact) mass is 1060 g/mol. The van der Waals surface area contributed by atoms with Crippen LogP contribution in [0.5, 0.6) is 0 Å². The number of piperazine rings is 2. The number of rotatable bonds is 19. The van der Waals surface area contributed by atoms with Crippen molar-refractivity contribution in [2.75, 3.05) is 111 Å². The van der Waals surface area contributed by atoms with Crippen LogP contribution in [-0.2, 0) is 10.0 Å². The summed E-state index contributed by atoms with van der Waals surface area (Å²) < 4.78 is 32.6. The Balaban J connectivity index is 0.849. The summed E-state index contributed by atoms with van der Waals surface area (Å²) in [5.41, 5.74) is 8.90. The summed E-state index contributed by atoms with van der Waals surface area (Å²) in [5.74, 6) is 0.870. The van der Waals surface area contributed by atoms with E-state index in [0.29, 0.717) is 35.9 Å². The predicted molar refractivity (Wildman–Crippen MR) is 304 cm³/mol. The number of piperidine rings is 1. The van der Waals surface area contributed by atoms with E-state index in [-0.39, 0.29) is 35.6 Å². The van der Waals surface area contributed by atoms with E-state index >= 15 is 0 Å². The number of hydrogen-bond acceptors (Lipinski definition) is 11. The van der Waals surface area contributed by atoms with Gasteiger partial charge in [0.05, 0.1) is 28.9 Å². The van der Waals surface area contributed by atoms with Gasteiger partial charge in [0, 0.05) is 141 Å². The average Bonchev–Trinajstić information content (AvgIpc) is 3.83. The number of β-amino-alcohol motifs (C(OH)–C–C–N with tert-alkyl or cyclic N) is 1. The second kappa shape index (κ2) is 24.4. The second-order valence-electron chi connectivity index (χ2n) is 20.1. The molecule has 0 radical (unpaired) electrons. The molecule has 0 bridgehead atoms. The first-order valence-corrected chi connectivity index (χ1v) is 29.0. The van der Waals surface area contributed by atoms with Gasteiger partial charge in [-0.25, -0.2) is 8.42 Å². The zero-order chi connectivity index (χ0) is 51.8. The van der Waals surface area contributed by atoms with Crippen LogP contribution in [0.4, 0.5) is 22.7 Å². The van der Waals surface area contributed by atoms with Gasteiger partial charge in [0.25, 0.3) is 15.9 Å². The molecule has 3 fully saturated rings. The van der Waals surface area contributed by atoms with Crippen molar-refractivity contribution in [2.24, 2.45) is 0 Å². The number of benzene rings is 5. The van der Waals surface area contributed by atoms with E-state index in [1.807, 2.05) is 90.4 Å². The highest BCUT2D eigenvalue weighted by atomic mass is 35.5. The minimum Gasteiger partial charge on any atom is -0.395 e. The normalized spacial score (nSPS) is 16.7. The van der Waals surface area contributed by atoms with Crippen molar-refractivity contribution in [1.82, 2.24) is 19.3 Å². The third kappa shape index (κ3) is 13.1. The van der Waals surface area contributed by atoms with E-state index in [2.05, 4.69) is 96.6 Å². The lowest BCUT2D eigenvalue weighted by Crippen LogP contribution is -2.49. The van der Waals surface area contributed by atoms with Gasteiger partial charge in [-0.05, 0) is 136 Å². The lowest BCUT2D eigenvalue weighted by Gasteiger charge is -2.37. The summed E-state index contributed by atoms with van der Waals surface area (Å²) in [6.45, 7) is 15.4. The number of hydrogen-bond donors (Lipinski definition) is 4. The maximum absolute atomic E-state index is 14.6. The molecule has 6 aromatic rings. The molecule has 13 nitrogen and oxygen atoms in total. The molecule has 74 heavy (non-hydrogen) atoms. The number of aryl methyl sites for hydroxylation is 1. The molecule has 1 atom stereocenters. The molecule has 5 aromatic carbocycles. The number of nitrogens with one attached hydrogen (secondary N) is 2. The lowest BCUT2D eigenvalue weighted by atomic mass is 9.96. The molecule has 3 aliphatic heterocycles. The quantitative estimate of drug-likeness (QED) is 0.0578. The summed E-state index contributed by atoms with van der Waals surface area (Å²) in [4.78, 5) is 27.3. The number of amides is 1. The Morgan fingerprint density at radius 3 is 2.08 bits per heavy atom. The Bertz CT molecular complexity index is 2920. The van der Waals surface area contributed by atoms with Gasteiger partial charge < -0.3 is 39.7 Å². The predicted octanol–water partition coefficient (Wildman–Crippen LogP) is 9.66. The Morgan fingerprint density at radius 2 is 1.42 bits per heavy atom. The fourth-order valence-corrected chi connectivity index (χ4v) is 12.6. The van der Waals surface area contributed by atoms with Crippen LogP contribution in [0.1, 0.15) is 55.1 Å². The largest absolute Gasteiger partial charge is 0.395 e. The molecule has 16 heteroatoms. The number of thioether (sulfide) groups is 1. The SMILES string of the molecule is Cc1cc(S(=O)(=O)Nc2ccc(N3CCN(c4cccc(-c5c(C(=O)N6CCN(CCO)CC6)cn(C(C)C)c5-c5ccc(Cl)cc5)c4)CC3)cc2)ccc1N[C@H](CCN1CCC(O)CC1)CSc1ccccc1. The van der Waals surface area contributed by atoms with Gasteiger partial charge in [-0.3, -0.25) is 14.4 Å². The molecular formula is C58H71ClN8O5S2. The van der Waals surface area contributed by atoms with Crippen LogP contribution < -0.4 is 19.8 Å². The van der Waals surface area contributed by atoms with Gasteiger partial charge in [0.1, 0.15) is 0 Å². The smallest absolute Gasteiger partial charge is 0.261 e. The van der Waals surface area contributed by atoms with Crippen molar-refractivity contribution in [1.29, 1.82) is 0 Å². The van der Waals surface area contributed by atoms with Crippen molar-refractivity contribution in [2.45, 2.75) is 68.0 Å². The van der Waals surface area contributed by atoms with Crippen molar-refractivity contribution >= 4 is 62.0 Å². The summed E-state index contributed by atoms with van der Waals surface area (Å²) in [6, 6.07) is 40.0. The lowest BCUT2D eigenvalue weighted by molar-refractivity contribution is 0.0615. The Kier molecular flexibility index (Phi) is 17.6. The van der Waals surface area contributed by atoms with Gasteiger partial charge in [-0.15, -0.1) is 11.8 Å². The highest BCUT2D eigenvalue weighted by Crippen LogP contribution is 2.41. The number of nitrogens with zero attached hydrogens (tertiary/aromatic N) is 6. The molecule has 0 unspecified atom stereocenters. The standard InChI is InChI=1S/C58H71ClN8O5S2/c1-42(2)67-40-54(58(70)66-30-28-63(29-31-66)36-37-68)56(57(67)44-12-14-46(59)15-13-44)45-8-7-9-50(39-45)65-34-32-64(33-35-65)49-18-16-47(17-19-49)61-74(71,72)53-20-21-55(43(3)38-53)60-48(41-73-52-10-5-4-6-11-52)22-25-62-26-23-51(69)24-27-62/h4-21,38-40,42,48,51,60-61,68-69H,22-37,41H2,1-3H3/t48-/m1/s1. The zero-order valence-electron chi connectivity index (χ0n) is 42.9. The summed E-state index contributed by atoms with van der Waals surface area (Å²) >= 11 is 8.20. The molecule has 0 spiro atoms. The van der Waals surface area contributed by atoms with Gasteiger partial charge in [-0.2, -0.15) is 0 Å². The maximum atomic E-state index is 14.6. The van der Waals surface area contributed by atoms with Gasteiger partial charge >= 0.3 is 0 Å². The molecule has 392 valence electrons. The molecule has 4 N–H and O–H groups in total. The van der Waals surface area contributed by atoms with Crippen LogP contribution >= 0.6 is 23.4 Å². The van der Waals surface area contributed by atoms with Crippen molar-refractivity contribution in [3.05, 3.63) is 144 Å². The first-order chi connectivity index (χ1) is 35.8. The number of carbonyl (C=O) groups is 1. The van der Waals surface area contributed by atoms with Crippen LogP contribution in [0.15, 0.2) is 137 Å². The minimum absolute atomic E-state index is 0.00868. The first-order valence-electron chi connectivity index (χ1n) is 26.1. The molecule has 4 heterocycles. The van der Waals surface area contributed by atoms with E-state index in [9.17, 15) is 23.4 Å². The van der Waals surface area contributed by atoms with E-state index in [4.69, 9.17) is 11.6 Å². The Hall–Kier alpha value is -5.52. The molecule has 0 aliphatic carbocycles. The third-order valence-electron chi connectivity index (χ3n) is 14.7. The van der Waals surface area contributed by atoms with Gasteiger partial charge in [0.15, 0.2) is 0 Å². The van der Waals surface area contributed by atoms with E-state index in [0.717, 1.165) is 129 Å². The van der Waals surface area contributed by atoms with Crippen LogP contribution in [0.3, 0.4) is 0 Å². The van der Waals surface area contributed by atoms with Gasteiger partial charge in [-0.1, -0.05) is 54.1 Å². The fraction of sp³-hybridized carbons (Fsp3) is 0.397. The molecule has 9 rings (SSSR count). The van der Waals surface area contributed by atoms with Crippen molar-refractivity contribution in [3.8, 4) is 22.4 Å². The van der Waals surface area contributed by atoms with Crippen molar-refractivity contribution in [3.63, 3.8) is 0 Å². The highest BCUT2D eigenvalue weighted by molar-refractivity contribution is 7.99. The fourth-order valence-electron chi connectivity index (χ4n) is 10.4. The third-order valence-corrected chi connectivity index (χ3v) is 17.5. The second-order valence-corrected chi connectivity index (χ2v) is 23.3. The number of aromatic nitrogens is 1. The average molecular weight is 1060 g/mol. The highest BCUT2D eigenvalue weighted by Gasteiger charge is 2.30. The molecule has 0 saturated carbocycles. The summed E-state index contributed by atoms with van der Waals surface area (Å²) in [6.07, 6.45) is 4.37. The number of likely N-dealkylation sites (tertiary alicyclic amines) is 1. The number of halogens is 1. The van der Waals surface area contributed by atoms with E-state index in [1.165, 1.54) is 4.90 Å². The molecule has 3 saturated heterocycles. The topological polar surface area (TPSA) is 137 Å². The minimum atomic E-state index is -3.86. The summed E-state index contributed by atoms with van der Waals surface area (Å²) in [5, 5.41) is 23.9. The maximum Gasteiger partial charge on any atom is 0.261 e. The molecule has 3 aliphatic rings. The van der Waals surface area contributed by atoms with Gasteiger partial charge in [0.2, 0.25) is 0 Å². The number of carbonyl (C=O) groups excluding carboxylic acids is 1. The zero-order valence-corrected chi connectivity index (χ0v) is 45.3. The van der Waals surface area contributed by atoms with Crippen molar-refractivity contribution < 1.29 is 23.4 Å². The number of aliphatic hydroxyl groups excluding tert-OH is 2. The number of aliphatic hydroxyl groups is 2. The molecule has 1 aromatic heterocycles. The van der Waals surface area contributed by atoms with E-state index < -0.39 is 10.0 Å².